The van der Waals surface area contributed by atoms with Crippen molar-refractivity contribution >= 4 is 14.0 Å². The summed E-state index contributed by atoms with van der Waals surface area (Å²) in [6, 6.07) is 16.2. The highest BCUT2D eigenvalue weighted by Crippen LogP contribution is 2.39. The maximum atomic E-state index is 13.4. The van der Waals surface area contributed by atoms with Crippen molar-refractivity contribution < 1.29 is 19.4 Å². The van der Waals surface area contributed by atoms with Gasteiger partial charge in [0, 0.05) is 0 Å². The van der Waals surface area contributed by atoms with Crippen molar-refractivity contribution in [1.82, 2.24) is 0 Å². The Morgan fingerprint density at radius 2 is 1.57 bits per heavy atom. The maximum Gasteiger partial charge on any atom is 0.345 e. The first kappa shape index (κ1) is 23.7. The van der Waals surface area contributed by atoms with Crippen LogP contribution in [0.3, 0.4) is 0 Å². The standard InChI is InChI=1S/C25H32O4Si/c1-24(2,3)29-23(26)25(27,20-13-15-21(28-4)16-14-20)22(17-18-30(5,6)7)19-11-9-8-10-12-19/h8-16,22,27H,1-7H3/t22-,25+/m0/s1. The lowest BCUT2D eigenvalue weighted by molar-refractivity contribution is -0.179. The van der Waals surface area contributed by atoms with Gasteiger partial charge in [-0.05, 0) is 44.0 Å². The highest BCUT2D eigenvalue weighted by molar-refractivity contribution is 6.83. The Bertz CT molecular complexity index is 912. The number of hydrogen-bond donors (Lipinski definition) is 1. The number of hydrogen-bond acceptors (Lipinski definition) is 4. The van der Waals surface area contributed by atoms with Gasteiger partial charge in [0.15, 0.2) is 0 Å². The van der Waals surface area contributed by atoms with Crippen molar-refractivity contribution in [2.24, 2.45) is 0 Å². The van der Waals surface area contributed by atoms with Crippen LogP contribution in [-0.4, -0.2) is 31.9 Å². The van der Waals surface area contributed by atoms with E-state index in [-0.39, 0.29) is 0 Å². The maximum absolute atomic E-state index is 13.4. The third-order valence-corrected chi connectivity index (χ3v) is 5.28. The van der Waals surface area contributed by atoms with Crippen LogP contribution < -0.4 is 4.74 Å². The van der Waals surface area contributed by atoms with Crippen LogP contribution in [0.2, 0.25) is 19.6 Å². The lowest BCUT2D eigenvalue weighted by atomic mass is 9.77. The van der Waals surface area contributed by atoms with E-state index in [1.807, 2.05) is 30.3 Å². The highest BCUT2D eigenvalue weighted by atomic mass is 28.3. The number of esters is 1. The molecule has 1 N–H and O–H groups in total. The Hall–Kier alpha value is -2.55. The Balaban J connectivity index is 2.73. The zero-order valence-electron chi connectivity index (χ0n) is 18.9. The number of carbonyl (C=O) groups is 1. The molecule has 0 spiro atoms. The number of carbonyl (C=O) groups excluding carboxylic acids is 1. The summed E-state index contributed by atoms with van der Waals surface area (Å²) >= 11 is 0. The molecule has 5 heteroatoms. The van der Waals surface area contributed by atoms with Gasteiger partial charge in [0.25, 0.3) is 0 Å². The third-order valence-electron chi connectivity index (χ3n) is 4.38. The molecule has 0 bridgehead atoms. The molecule has 0 fully saturated rings. The Morgan fingerprint density at radius 3 is 2.03 bits per heavy atom. The minimum Gasteiger partial charge on any atom is -0.497 e. The minimum atomic E-state index is -1.98. The van der Waals surface area contributed by atoms with E-state index >= 15 is 0 Å². The zero-order chi connectivity index (χ0) is 22.6. The first-order valence-electron chi connectivity index (χ1n) is 10.0. The molecule has 2 rings (SSSR count). The van der Waals surface area contributed by atoms with E-state index in [0.717, 1.165) is 5.56 Å². The monoisotopic (exact) mass is 424 g/mol. The van der Waals surface area contributed by atoms with Crippen LogP contribution in [0.1, 0.15) is 37.8 Å². The van der Waals surface area contributed by atoms with E-state index in [1.54, 1.807) is 52.1 Å². The average molecular weight is 425 g/mol. The van der Waals surface area contributed by atoms with Crippen molar-refractivity contribution in [3.05, 3.63) is 65.7 Å². The first-order chi connectivity index (χ1) is 13.9. The molecule has 0 aliphatic carbocycles. The van der Waals surface area contributed by atoms with Crippen LogP contribution >= 0.6 is 0 Å². The van der Waals surface area contributed by atoms with Crippen molar-refractivity contribution in [3.63, 3.8) is 0 Å². The van der Waals surface area contributed by atoms with Crippen molar-refractivity contribution in [2.45, 2.75) is 57.5 Å². The van der Waals surface area contributed by atoms with Gasteiger partial charge in [-0.1, -0.05) is 68.0 Å². The zero-order valence-corrected chi connectivity index (χ0v) is 19.9. The van der Waals surface area contributed by atoms with Crippen LogP contribution in [0.15, 0.2) is 54.6 Å². The van der Waals surface area contributed by atoms with Crippen LogP contribution in [0.25, 0.3) is 0 Å². The number of rotatable bonds is 5. The lowest BCUT2D eigenvalue weighted by Gasteiger charge is -2.35. The van der Waals surface area contributed by atoms with Crippen molar-refractivity contribution in [2.75, 3.05) is 7.11 Å². The molecule has 0 saturated heterocycles. The largest absolute Gasteiger partial charge is 0.497 e. The normalized spacial score (nSPS) is 14.7. The summed E-state index contributed by atoms with van der Waals surface area (Å²) in [5.41, 5.74) is 1.77. The Labute approximate surface area is 181 Å². The Morgan fingerprint density at radius 1 is 1.00 bits per heavy atom. The summed E-state index contributed by atoms with van der Waals surface area (Å²) in [6.45, 7) is 11.7. The second-order valence-electron chi connectivity index (χ2n) is 9.36. The fourth-order valence-corrected chi connectivity index (χ4v) is 3.54. The third kappa shape index (κ3) is 5.98. The Kier molecular flexibility index (Phi) is 7.17. The summed E-state index contributed by atoms with van der Waals surface area (Å²) in [5.74, 6) is 2.37. The molecular weight excluding hydrogens is 392 g/mol. The lowest BCUT2D eigenvalue weighted by Crippen LogP contribution is -2.45. The molecule has 0 radical (unpaired) electrons. The van der Waals surface area contributed by atoms with Gasteiger partial charge in [-0.25, -0.2) is 4.79 Å². The summed E-state index contributed by atoms with van der Waals surface area (Å²) in [4.78, 5) is 13.4. The topological polar surface area (TPSA) is 55.8 Å². The molecule has 0 aliphatic rings. The SMILES string of the molecule is COc1ccc([C@](O)(C(=O)OC(C)(C)C)[C@@H](C#C[Si](C)(C)C)c2ccccc2)cc1. The smallest absolute Gasteiger partial charge is 0.345 e. The highest BCUT2D eigenvalue weighted by Gasteiger charge is 2.48. The average Bonchev–Trinajstić information content (AvgIpc) is 2.66. The second kappa shape index (κ2) is 9.07. The quantitative estimate of drug-likeness (QED) is 0.422. The molecular formula is C25H32O4Si. The predicted octanol–water partition coefficient (Wildman–Crippen LogP) is 4.89. The molecule has 2 aromatic carbocycles. The molecule has 0 aromatic heterocycles. The van der Waals surface area contributed by atoms with Gasteiger partial charge in [-0.3, -0.25) is 0 Å². The summed E-state index contributed by atoms with van der Waals surface area (Å²) in [7, 11) is -0.203. The van der Waals surface area contributed by atoms with Crippen LogP contribution in [0.5, 0.6) is 5.75 Å². The summed E-state index contributed by atoms with van der Waals surface area (Å²) in [6.07, 6.45) is 0. The minimum absolute atomic E-state index is 0.413. The fraction of sp³-hybridized carbons (Fsp3) is 0.400. The van der Waals surface area contributed by atoms with Gasteiger partial charge in [-0.2, -0.15) is 0 Å². The van der Waals surface area contributed by atoms with Crippen molar-refractivity contribution in [1.29, 1.82) is 0 Å². The molecule has 0 unspecified atom stereocenters. The number of methoxy groups -OCH3 is 1. The first-order valence-corrected chi connectivity index (χ1v) is 13.5. The van der Waals surface area contributed by atoms with Crippen molar-refractivity contribution in [3.8, 4) is 17.2 Å². The van der Waals surface area contributed by atoms with E-state index in [9.17, 15) is 9.90 Å². The van der Waals surface area contributed by atoms with E-state index < -0.39 is 31.2 Å². The van der Waals surface area contributed by atoms with Gasteiger partial charge in [0.2, 0.25) is 5.60 Å². The van der Waals surface area contributed by atoms with E-state index in [0.29, 0.717) is 11.3 Å². The number of aliphatic hydroxyl groups is 1. The van der Waals surface area contributed by atoms with Crippen LogP contribution in [0, 0.1) is 11.5 Å². The van der Waals surface area contributed by atoms with Gasteiger partial charge in [0.05, 0.1) is 13.0 Å². The molecule has 4 nitrogen and oxygen atoms in total. The van der Waals surface area contributed by atoms with E-state index in [1.165, 1.54) is 0 Å². The molecule has 2 atom stereocenters. The molecule has 160 valence electrons. The molecule has 2 aromatic rings. The summed E-state index contributed by atoms with van der Waals surface area (Å²) < 4.78 is 10.9. The molecule has 0 heterocycles. The molecule has 0 amide bonds. The fourth-order valence-electron chi connectivity index (χ4n) is 2.97. The van der Waals surface area contributed by atoms with Gasteiger partial charge in [-0.15, -0.1) is 5.54 Å². The van der Waals surface area contributed by atoms with Crippen LogP contribution in [0.4, 0.5) is 0 Å². The number of ether oxygens (including phenoxy) is 2. The van der Waals surface area contributed by atoms with Gasteiger partial charge >= 0.3 is 5.97 Å². The number of benzene rings is 2. The van der Waals surface area contributed by atoms with Gasteiger partial charge < -0.3 is 14.6 Å². The molecule has 0 aliphatic heterocycles. The van der Waals surface area contributed by atoms with Gasteiger partial charge in [0.1, 0.15) is 19.4 Å². The van der Waals surface area contributed by atoms with Crippen LogP contribution in [-0.2, 0) is 15.1 Å². The predicted molar refractivity (Wildman–Crippen MR) is 123 cm³/mol. The van der Waals surface area contributed by atoms with E-state index in [4.69, 9.17) is 9.47 Å². The molecule has 30 heavy (non-hydrogen) atoms. The van der Waals surface area contributed by atoms with E-state index in [2.05, 4.69) is 31.1 Å². The summed E-state index contributed by atoms with van der Waals surface area (Å²) in [5, 5.41) is 12.0. The second-order valence-corrected chi connectivity index (χ2v) is 14.1. The molecule has 0 saturated carbocycles.